The van der Waals surface area contributed by atoms with Gasteiger partial charge in [0.05, 0.1) is 50.3 Å². The van der Waals surface area contributed by atoms with Crippen LogP contribution in [0.1, 0.15) is 41.5 Å². The second kappa shape index (κ2) is 25.2. The molecular weight excluding hydrogens is 596 g/mol. The molecule has 0 aromatic heterocycles. The summed E-state index contributed by atoms with van der Waals surface area (Å²) in [6.45, 7) is 4.35. The molecule has 1 unspecified atom stereocenters. The summed E-state index contributed by atoms with van der Waals surface area (Å²) in [5.74, 6) is -4.77. The maximum absolute atomic E-state index is 10.8. The number of aliphatic carboxylic acids is 2. The highest BCUT2D eigenvalue weighted by molar-refractivity contribution is 6.14. The smallest absolute Gasteiger partial charge is 0.346 e. The summed E-state index contributed by atoms with van der Waals surface area (Å²) in [6.07, 6.45) is 1.77. The number of aliphatic hydroxyl groups is 7. The largest absolute Gasteiger partial charge is 0.478 e. The van der Waals surface area contributed by atoms with Gasteiger partial charge in [0.15, 0.2) is 0 Å². The van der Waals surface area contributed by atoms with Crippen LogP contribution in [0.3, 0.4) is 0 Å². The molecule has 2 aliphatic rings. The third-order valence-corrected chi connectivity index (χ3v) is 4.02. The number of carbonyl (C=O) groups is 6. The summed E-state index contributed by atoms with van der Waals surface area (Å²) in [7, 11) is 0. The topological polar surface area (TPSA) is 303 Å². The van der Waals surface area contributed by atoms with Gasteiger partial charge in [0.1, 0.15) is 6.10 Å². The van der Waals surface area contributed by atoms with Crippen molar-refractivity contribution in [1.82, 2.24) is 0 Å². The Balaban J connectivity index is -0.000000469. The minimum absolute atomic E-state index is 0.0451. The standard InChI is InChI=1S/C8H4O3.C5H12O2.C4H4O4.C4H2O3.C3H8O3.C3H8O2/c9-7-5-3-1-2-4-6(5)8(10)11-7;1-5(2,3-6)4-7;5-3(6)1-2-4(7)8;5-3-1-2-4(6)7-3;4-1-3(6)2-5;1-3(5)2-4/h1-4H;6-7H,3-4H2,1-2H3;1-2H,(H,5,6)(H,7,8);1-2H;3-6H,1-2H2;3-5H,2H2,1H3/b;;2-1+;;;. The molecule has 1 aromatic carbocycles. The number of rotatable bonds is 7. The molecule has 248 valence electrons. The van der Waals surface area contributed by atoms with Crippen LogP contribution in [-0.2, 0) is 28.7 Å². The molecule has 0 fully saturated rings. The number of carbonyl (C=O) groups excluding carboxylic acids is 4. The number of fused-ring (bicyclic) bond motifs is 1. The van der Waals surface area contributed by atoms with Gasteiger partial charge in [-0.05, 0) is 19.1 Å². The summed E-state index contributed by atoms with van der Waals surface area (Å²) in [5.41, 5.74) is 0.412. The number of ether oxygens (including phenoxy) is 2. The maximum atomic E-state index is 10.8. The zero-order valence-electron chi connectivity index (χ0n) is 24.1. The maximum Gasteiger partial charge on any atom is 0.346 e. The molecule has 0 spiro atoms. The highest BCUT2D eigenvalue weighted by atomic mass is 16.6. The highest BCUT2D eigenvalue weighted by Gasteiger charge is 2.28. The Hall–Kier alpha value is -4.36. The van der Waals surface area contributed by atoms with Gasteiger partial charge in [-0.25, -0.2) is 28.8 Å². The Labute approximate surface area is 251 Å². The van der Waals surface area contributed by atoms with Crippen LogP contribution in [0.15, 0.2) is 48.6 Å². The molecule has 0 saturated carbocycles. The monoisotopic (exact) mass is 634 g/mol. The summed E-state index contributed by atoms with van der Waals surface area (Å²) in [4.78, 5) is 60.6. The molecule has 0 amide bonds. The molecule has 17 heteroatoms. The van der Waals surface area contributed by atoms with Crippen LogP contribution >= 0.6 is 0 Å². The van der Waals surface area contributed by atoms with E-state index in [0.717, 1.165) is 12.2 Å². The number of hydrogen-bond donors (Lipinski definition) is 9. The fourth-order valence-electron chi connectivity index (χ4n) is 1.59. The molecule has 0 saturated heterocycles. The van der Waals surface area contributed by atoms with Crippen molar-refractivity contribution in [2.45, 2.75) is 33.0 Å². The van der Waals surface area contributed by atoms with Gasteiger partial charge in [0.25, 0.3) is 0 Å². The minimum Gasteiger partial charge on any atom is -0.478 e. The van der Waals surface area contributed by atoms with Gasteiger partial charge in [-0.3, -0.25) is 0 Å². The third-order valence-electron chi connectivity index (χ3n) is 4.02. The Kier molecular flexibility index (Phi) is 25.2. The van der Waals surface area contributed by atoms with Crippen molar-refractivity contribution in [3.8, 4) is 0 Å². The van der Waals surface area contributed by atoms with E-state index in [9.17, 15) is 28.8 Å². The van der Waals surface area contributed by atoms with Crippen molar-refractivity contribution in [3.05, 3.63) is 59.7 Å². The van der Waals surface area contributed by atoms with Crippen LogP contribution in [0.25, 0.3) is 0 Å². The van der Waals surface area contributed by atoms with Crippen molar-refractivity contribution in [3.63, 3.8) is 0 Å². The first-order chi connectivity index (χ1) is 20.4. The van der Waals surface area contributed by atoms with Crippen LogP contribution in [-0.4, -0.2) is 127 Å². The normalized spacial score (nSPS) is 13.2. The van der Waals surface area contributed by atoms with Gasteiger partial charge in [0, 0.05) is 29.7 Å². The van der Waals surface area contributed by atoms with Crippen LogP contribution in [0.2, 0.25) is 0 Å². The summed E-state index contributed by atoms with van der Waals surface area (Å²) in [5, 5.41) is 72.5. The number of aliphatic hydroxyl groups excluding tert-OH is 7. The van der Waals surface area contributed by atoms with Gasteiger partial charge in [0.2, 0.25) is 0 Å². The average Bonchev–Trinajstić information content (AvgIpc) is 3.52. The lowest BCUT2D eigenvalue weighted by atomic mass is 9.97. The van der Waals surface area contributed by atoms with Crippen LogP contribution in [0.4, 0.5) is 0 Å². The quantitative estimate of drug-likeness (QED) is 0.0891. The van der Waals surface area contributed by atoms with E-state index in [2.05, 4.69) is 9.47 Å². The number of cyclic esters (lactones) is 4. The Morgan fingerprint density at radius 1 is 0.727 bits per heavy atom. The fourth-order valence-corrected chi connectivity index (χ4v) is 1.59. The average molecular weight is 635 g/mol. The van der Waals surface area contributed by atoms with Crippen molar-refractivity contribution >= 4 is 35.8 Å². The van der Waals surface area contributed by atoms with Gasteiger partial charge in [-0.15, -0.1) is 0 Å². The van der Waals surface area contributed by atoms with Crippen LogP contribution < -0.4 is 0 Å². The van der Waals surface area contributed by atoms with Gasteiger partial charge < -0.3 is 55.4 Å². The van der Waals surface area contributed by atoms with Crippen LogP contribution in [0, 0.1) is 5.41 Å². The zero-order valence-corrected chi connectivity index (χ0v) is 24.1. The zero-order chi connectivity index (χ0) is 34.9. The number of hydrogen-bond acceptors (Lipinski definition) is 15. The molecule has 17 nitrogen and oxygen atoms in total. The fraction of sp³-hybridized carbons (Fsp3) is 0.407. The molecule has 3 rings (SSSR count). The first-order valence-electron chi connectivity index (χ1n) is 12.2. The molecule has 0 bridgehead atoms. The van der Waals surface area contributed by atoms with E-state index in [0.29, 0.717) is 23.3 Å². The molecule has 1 aromatic rings. The number of carboxylic acids is 2. The number of benzene rings is 1. The minimum atomic E-state index is -1.26. The number of carboxylic acid groups (broad SMARTS) is 2. The summed E-state index contributed by atoms with van der Waals surface area (Å²) >= 11 is 0. The molecule has 2 aliphatic heterocycles. The Bertz CT molecular complexity index is 1030. The lowest BCUT2D eigenvalue weighted by molar-refractivity contribution is -0.150. The lowest BCUT2D eigenvalue weighted by Gasteiger charge is -2.16. The molecule has 0 radical (unpaired) electrons. The molecule has 9 N–H and O–H groups in total. The molecule has 44 heavy (non-hydrogen) atoms. The van der Waals surface area contributed by atoms with Crippen LogP contribution in [0.5, 0.6) is 0 Å². The van der Waals surface area contributed by atoms with E-state index in [1.807, 2.05) is 0 Å². The molecular formula is C27H38O17. The third kappa shape index (κ3) is 25.4. The van der Waals surface area contributed by atoms with E-state index < -0.39 is 48.0 Å². The second-order valence-electron chi connectivity index (χ2n) is 8.84. The van der Waals surface area contributed by atoms with Crippen molar-refractivity contribution in [2.24, 2.45) is 5.41 Å². The van der Waals surface area contributed by atoms with E-state index in [1.165, 1.54) is 6.92 Å². The molecule has 1 atom stereocenters. The predicted octanol–water partition coefficient (Wildman–Crippen LogP) is -1.98. The second-order valence-corrected chi connectivity index (χ2v) is 8.84. The van der Waals surface area contributed by atoms with E-state index >= 15 is 0 Å². The first-order valence-corrected chi connectivity index (χ1v) is 12.2. The van der Waals surface area contributed by atoms with E-state index in [4.69, 9.17) is 46.0 Å². The Morgan fingerprint density at radius 2 is 1.07 bits per heavy atom. The summed E-state index contributed by atoms with van der Waals surface area (Å²) in [6, 6.07) is 6.53. The predicted molar refractivity (Wildman–Crippen MR) is 148 cm³/mol. The molecule has 2 heterocycles. The molecule has 0 aliphatic carbocycles. The van der Waals surface area contributed by atoms with Gasteiger partial charge >= 0.3 is 35.8 Å². The first kappa shape index (κ1) is 44.1. The highest BCUT2D eigenvalue weighted by Crippen LogP contribution is 2.18. The number of esters is 4. The SMILES string of the molecule is CC(C)(CO)CO.CC(O)CO.O=C(O)/C=C/C(=O)O.O=C1C=CC(=O)O1.O=C1OC(=O)c2ccccc21.OCC(O)CO. The van der Waals surface area contributed by atoms with E-state index in [-0.39, 0.29) is 38.4 Å². The van der Waals surface area contributed by atoms with Gasteiger partial charge in [-0.2, -0.15) is 0 Å². The van der Waals surface area contributed by atoms with Crippen molar-refractivity contribution < 1.29 is 84.2 Å². The van der Waals surface area contributed by atoms with Gasteiger partial charge in [-0.1, -0.05) is 26.0 Å². The lowest BCUT2D eigenvalue weighted by Crippen LogP contribution is -2.20. The Morgan fingerprint density at radius 3 is 1.23 bits per heavy atom. The van der Waals surface area contributed by atoms with Crippen molar-refractivity contribution in [1.29, 1.82) is 0 Å². The van der Waals surface area contributed by atoms with E-state index in [1.54, 1.807) is 38.1 Å². The summed E-state index contributed by atoms with van der Waals surface area (Å²) < 4.78 is 8.33. The van der Waals surface area contributed by atoms with Crippen molar-refractivity contribution in [2.75, 3.05) is 33.0 Å².